The van der Waals surface area contributed by atoms with E-state index in [0.29, 0.717) is 17.5 Å². The third kappa shape index (κ3) is 3.12. The number of halogens is 2. The number of benzene rings is 1. The number of alkyl halides is 1. The van der Waals surface area contributed by atoms with Crippen molar-refractivity contribution in [2.45, 2.75) is 25.1 Å². The van der Waals surface area contributed by atoms with E-state index in [2.05, 4.69) is 5.32 Å². The normalized spacial score (nSPS) is 21.2. The first kappa shape index (κ1) is 20.0. The van der Waals surface area contributed by atoms with Crippen LogP contribution in [0.15, 0.2) is 15.7 Å². The topological polar surface area (TPSA) is 132 Å². The molecule has 1 saturated carbocycles. The molecule has 0 unspecified atom stereocenters. The minimum Gasteiger partial charge on any atom is -0.492 e. The summed E-state index contributed by atoms with van der Waals surface area (Å²) >= 11 is 0. The van der Waals surface area contributed by atoms with Crippen LogP contribution >= 0.6 is 0 Å². The van der Waals surface area contributed by atoms with Gasteiger partial charge in [0.25, 0.3) is 5.56 Å². The van der Waals surface area contributed by atoms with Crippen molar-refractivity contribution >= 4 is 22.7 Å². The summed E-state index contributed by atoms with van der Waals surface area (Å²) in [7, 11) is 1.28. The number of rotatable bonds is 5. The van der Waals surface area contributed by atoms with E-state index in [1.165, 1.54) is 16.6 Å². The molecular weight excluding hydrogens is 404 g/mol. The van der Waals surface area contributed by atoms with Gasteiger partial charge in [-0.1, -0.05) is 0 Å². The first-order chi connectivity index (χ1) is 14.2. The number of nitrogens with one attached hydrogen (secondary N) is 1. The highest BCUT2D eigenvalue weighted by atomic mass is 19.1. The minimum atomic E-state index is -1.40. The first-order valence-electron chi connectivity index (χ1n) is 9.43. The molecule has 2 fully saturated rings. The summed E-state index contributed by atoms with van der Waals surface area (Å²) in [5.74, 6) is 4.04. The number of carboxylic acid groups (broad SMARTS) is 1. The van der Waals surface area contributed by atoms with Crippen LogP contribution < -0.4 is 32.0 Å². The van der Waals surface area contributed by atoms with Crippen LogP contribution in [0.2, 0.25) is 0 Å². The molecule has 4 rings (SSSR count). The summed E-state index contributed by atoms with van der Waals surface area (Å²) in [6.45, 7) is -0.288. The van der Waals surface area contributed by atoms with Crippen molar-refractivity contribution in [3.63, 3.8) is 0 Å². The van der Waals surface area contributed by atoms with Crippen LogP contribution in [0.25, 0.3) is 10.9 Å². The van der Waals surface area contributed by atoms with Gasteiger partial charge in [-0.05, 0) is 18.9 Å². The van der Waals surface area contributed by atoms with Crippen molar-refractivity contribution in [2.75, 3.05) is 37.5 Å². The number of hydrogen-bond donors (Lipinski definition) is 3. The number of fused-ring (bicyclic) bond motifs is 1. The van der Waals surface area contributed by atoms with Crippen molar-refractivity contribution in [1.29, 1.82) is 0 Å². The average molecular weight is 425 g/mol. The fourth-order valence-corrected chi connectivity index (χ4v) is 4.02. The molecule has 2 atom stereocenters. The second-order valence-electron chi connectivity index (χ2n) is 7.56. The van der Waals surface area contributed by atoms with Crippen LogP contribution in [0.3, 0.4) is 0 Å². The number of amides is 1. The van der Waals surface area contributed by atoms with Crippen LogP contribution in [0.1, 0.15) is 18.9 Å². The second kappa shape index (κ2) is 7.18. The Bertz CT molecular complexity index is 1140. The maximum atomic E-state index is 15.1. The Morgan fingerprint density at radius 1 is 1.37 bits per heavy atom. The van der Waals surface area contributed by atoms with Crippen molar-refractivity contribution in [2.24, 2.45) is 5.92 Å². The van der Waals surface area contributed by atoms with E-state index in [1.54, 1.807) is 0 Å². The second-order valence-corrected chi connectivity index (χ2v) is 7.56. The van der Waals surface area contributed by atoms with Gasteiger partial charge >= 0.3 is 11.8 Å². The zero-order chi connectivity index (χ0) is 21.7. The molecule has 12 heteroatoms. The molecule has 1 amide bonds. The summed E-state index contributed by atoms with van der Waals surface area (Å²) in [6, 6.07) is 0.787. The largest absolute Gasteiger partial charge is 0.492 e. The Hall–Kier alpha value is -3.31. The van der Waals surface area contributed by atoms with Gasteiger partial charge in [0.15, 0.2) is 11.6 Å². The predicted molar refractivity (Wildman–Crippen MR) is 104 cm³/mol. The van der Waals surface area contributed by atoms with Crippen LogP contribution in [0.5, 0.6) is 5.75 Å². The maximum Gasteiger partial charge on any atom is 0.404 e. The smallest absolute Gasteiger partial charge is 0.404 e. The van der Waals surface area contributed by atoms with E-state index < -0.39 is 35.2 Å². The molecule has 1 aromatic heterocycles. The van der Waals surface area contributed by atoms with Gasteiger partial charge in [0.1, 0.15) is 17.4 Å². The molecule has 1 aliphatic heterocycles. The van der Waals surface area contributed by atoms with Gasteiger partial charge in [0.05, 0.1) is 12.5 Å². The molecule has 2 heterocycles. The fourth-order valence-electron chi connectivity index (χ4n) is 4.02. The Kier molecular flexibility index (Phi) is 4.79. The third-order valence-electron chi connectivity index (χ3n) is 5.59. The molecule has 0 radical (unpaired) electrons. The average Bonchev–Trinajstić information content (AvgIpc) is 3.46. The number of aromatic nitrogens is 2. The van der Waals surface area contributed by atoms with Gasteiger partial charge < -0.3 is 25.9 Å². The third-order valence-corrected chi connectivity index (χ3v) is 5.59. The standard InChI is InChI=1S/C18H21F2N5O5/c1-30-15-13-10(16(26)25(21)18(29)24(13)9-2-3-9)4-11(19)14(15)23-6-8(12(20)7-23)5-22-17(27)28/h4,8-9,12,22H,2-3,5-7,21H2,1H3,(H,27,28)/t8-,12-/m1/s1. The van der Waals surface area contributed by atoms with E-state index in [-0.39, 0.29) is 48.0 Å². The van der Waals surface area contributed by atoms with Gasteiger partial charge in [-0.15, -0.1) is 0 Å². The molecule has 0 bridgehead atoms. The van der Waals surface area contributed by atoms with Crippen molar-refractivity contribution in [3.8, 4) is 5.75 Å². The van der Waals surface area contributed by atoms with E-state index in [4.69, 9.17) is 15.7 Å². The number of hydrogen-bond acceptors (Lipinski definition) is 6. The molecule has 10 nitrogen and oxygen atoms in total. The Balaban J connectivity index is 1.88. The number of ether oxygens (including phenoxy) is 1. The number of nitrogen functional groups attached to an aromatic ring is 1. The molecule has 2 aliphatic rings. The number of methoxy groups -OCH3 is 1. The summed E-state index contributed by atoms with van der Waals surface area (Å²) in [5, 5.41) is 10.8. The summed E-state index contributed by atoms with van der Waals surface area (Å²) in [5.41, 5.74) is -1.55. The van der Waals surface area contributed by atoms with E-state index >= 15 is 4.39 Å². The number of carbonyl (C=O) groups is 1. The molecule has 1 aromatic carbocycles. The Labute approximate surface area is 168 Å². The fraction of sp³-hybridized carbons (Fsp3) is 0.500. The highest BCUT2D eigenvalue weighted by Crippen LogP contribution is 2.43. The molecule has 30 heavy (non-hydrogen) atoms. The Morgan fingerprint density at radius 3 is 2.67 bits per heavy atom. The van der Waals surface area contributed by atoms with E-state index in [1.807, 2.05) is 0 Å². The van der Waals surface area contributed by atoms with Gasteiger partial charge in [-0.3, -0.25) is 9.36 Å². The molecule has 162 valence electrons. The highest BCUT2D eigenvalue weighted by molar-refractivity contribution is 5.91. The van der Waals surface area contributed by atoms with Crippen LogP contribution in [-0.4, -0.2) is 53.4 Å². The summed E-state index contributed by atoms with van der Waals surface area (Å²) in [4.78, 5) is 37.3. The molecule has 1 aliphatic carbocycles. The van der Waals surface area contributed by atoms with Gasteiger partial charge in [-0.25, -0.2) is 18.4 Å². The lowest BCUT2D eigenvalue weighted by Crippen LogP contribution is -2.44. The highest BCUT2D eigenvalue weighted by Gasteiger charge is 2.38. The number of anilines is 1. The molecule has 4 N–H and O–H groups in total. The lowest BCUT2D eigenvalue weighted by Gasteiger charge is -2.24. The lowest BCUT2D eigenvalue weighted by atomic mass is 10.1. The number of nitrogens with zero attached hydrogens (tertiary/aromatic N) is 3. The zero-order valence-corrected chi connectivity index (χ0v) is 16.1. The van der Waals surface area contributed by atoms with Crippen molar-refractivity contribution in [3.05, 3.63) is 32.7 Å². The SMILES string of the molecule is COc1c(N2C[C@@H](CNC(=O)O)[C@H](F)C2)c(F)cc2c(=O)n(N)c(=O)n(C3CC3)c12. The lowest BCUT2D eigenvalue weighted by molar-refractivity contribution is 0.189. The van der Waals surface area contributed by atoms with Crippen molar-refractivity contribution in [1.82, 2.24) is 14.6 Å². The maximum absolute atomic E-state index is 15.1. The first-order valence-corrected chi connectivity index (χ1v) is 9.43. The quantitative estimate of drug-likeness (QED) is 0.591. The monoisotopic (exact) mass is 425 g/mol. The molecule has 1 saturated heterocycles. The minimum absolute atomic E-state index is 0.0296. The van der Waals surface area contributed by atoms with Gasteiger partial charge in [0, 0.05) is 31.6 Å². The number of nitrogens with two attached hydrogens (primary N) is 1. The molecular formula is C18H21F2N5O5. The molecule has 0 spiro atoms. The van der Waals surface area contributed by atoms with Gasteiger partial charge in [-0.2, -0.15) is 4.68 Å². The predicted octanol–water partition coefficient (Wildman–Crippen LogP) is 0.402. The van der Waals surface area contributed by atoms with Crippen molar-refractivity contribution < 1.29 is 23.4 Å². The van der Waals surface area contributed by atoms with E-state index in [0.717, 1.165) is 6.07 Å². The van der Waals surface area contributed by atoms with Crippen LogP contribution in [0.4, 0.5) is 19.3 Å². The summed E-state index contributed by atoms with van der Waals surface area (Å²) in [6.07, 6.45) is -1.29. The van der Waals surface area contributed by atoms with E-state index in [9.17, 15) is 18.8 Å². The van der Waals surface area contributed by atoms with Crippen LogP contribution in [-0.2, 0) is 0 Å². The van der Waals surface area contributed by atoms with Gasteiger partial charge in [0.2, 0.25) is 0 Å². The van der Waals surface area contributed by atoms with Crippen LogP contribution in [0, 0.1) is 11.7 Å². The summed E-state index contributed by atoms with van der Waals surface area (Å²) < 4.78 is 36.8. The molecule has 2 aromatic rings. The zero-order valence-electron chi connectivity index (χ0n) is 16.1. The Morgan fingerprint density at radius 2 is 2.07 bits per heavy atom.